The smallest absolute Gasteiger partial charge is 0.251 e. The van der Waals surface area contributed by atoms with Crippen molar-refractivity contribution >= 4 is 11.7 Å². The molecule has 0 fully saturated rings. The second kappa shape index (κ2) is 8.28. The molecule has 0 unspecified atom stereocenters. The Labute approximate surface area is 137 Å². The number of amides is 1. The highest BCUT2D eigenvalue weighted by Gasteiger charge is 2.10. The van der Waals surface area contributed by atoms with Gasteiger partial charge in [0.25, 0.3) is 5.91 Å². The summed E-state index contributed by atoms with van der Waals surface area (Å²) < 4.78 is 0. The molecular formula is C20H23NO2. The fourth-order valence-corrected chi connectivity index (χ4v) is 2.34. The molecule has 2 aromatic carbocycles. The Morgan fingerprint density at radius 2 is 1.43 bits per heavy atom. The summed E-state index contributed by atoms with van der Waals surface area (Å²) in [5.41, 5.74) is 1.82. The van der Waals surface area contributed by atoms with Crippen molar-refractivity contribution in [3.05, 3.63) is 71.3 Å². The van der Waals surface area contributed by atoms with Crippen LogP contribution in [0.25, 0.3) is 0 Å². The van der Waals surface area contributed by atoms with E-state index in [1.807, 2.05) is 18.2 Å². The van der Waals surface area contributed by atoms with Crippen LogP contribution in [0.5, 0.6) is 0 Å². The van der Waals surface area contributed by atoms with E-state index in [1.165, 1.54) is 0 Å². The summed E-state index contributed by atoms with van der Waals surface area (Å²) in [4.78, 5) is 24.3. The summed E-state index contributed by atoms with van der Waals surface area (Å²) in [6.07, 6.45) is 2.08. The quantitative estimate of drug-likeness (QED) is 0.618. The molecule has 2 aromatic rings. The second-order valence-corrected chi connectivity index (χ2v) is 6.06. The van der Waals surface area contributed by atoms with Gasteiger partial charge in [-0.3, -0.25) is 9.59 Å². The molecule has 0 atom stereocenters. The lowest BCUT2D eigenvalue weighted by molar-refractivity contribution is 0.0951. The van der Waals surface area contributed by atoms with Crippen molar-refractivity contribution in [1.29, 1.82) is 0 Å². The third kappa shape index (κ3) is 5.06. The number of carbonyl (C=O) groups excluding carboxylic acids is 2. The van der Waals surface area contributed by atoms with Crippen molar-refractivity contribution in [1.82, 2.24) is 5.32 Å². The third-order valence-electron chi connectivity index (χ3n) is 3.69. The second-order valence-electron chi connectivity index (χ2n) is 6.06. The molecule has 0 radical (unpaired) electrons. The number of benzene rings is 2. The average Bonchev–Trinajstić information content (AvgIpc) is 2.58. The summed E-state index contributed by atoms with van der Waals surface area (Å²) in [5.74, 6) is 0.525. The Hall–Kier alpha value is -2.42. The highest BCUT2D eigenvalue weighted by molar-refractivity contribution is 6.09. The first-order valence-electron chi connectivity index (χ1n) is 8.06. The lowest BCUT2D eigenvalue weighted by Crippen LogP contribution is -2.24. The molecule has 0 aromatic heterocycles. The zero-order chi connectivity index (χ0) is 16.7. The molecule has 0 heterocycles. The van der Waals surface area contributed by atoms with Gasteiger partial charge >= 0.3 is 0 Å². The van der Waals surface area contributed by atoms with Crippen LogP contribution >= 0.6 is 0 Å². The van der Waals surface area contributed by atoms with Gasteiger partial charge in [-0.2, -0.15) is 0 Å². The molecule has 0 saturated heterocycles. The van der Waals surface area contributed by atoms with Crippen molar-refractivity contribution < 1.29 is 9.59 Å². The van der Waals surface area contributed by atoms with Gasteiger partial charge in [0.2, 0.25) is 0 Å². The molecule has 120 valence electrons. The number of hydrogen-bond acceptors (Lipinski definition) is 2. The van der Waals surface area contributed by atoms with Gasteiger partial charge in [0, 0.05) is 23.2 Å². The van der Waals surface area contributed by atoms with E-state index in [1.54, 1.807) is 36.4 Å². The van der Waals surface area contributed by atoms with Gasteiger partial charge in [-0.05, 0) is 30.9 Å². The first-order valence-corrected chi connectivity index (χ1v) is 8.06. The molecule has 0 aliphatic heterocycles. The van der Waals surface area contributed by atoms with E-state index in [0.717, 1.165) is 12.8 Å². The van der Waals surface area contributed by atoms with Crippen molar-refractivity contribution in [3.8, 4) is 0 Å². The molecule has 1 N–H and O–H groups in total. The predicted molar refractivity (Wildman–Crippen MR) is 92.7 cm³/mol. The molecule has 3 heteroatoms. The van der Waals surface area contributed by atoms with Crippen molar-refractivity contribution in [2.24, 2.45) is 5.92 Å². The Morgan fingerprint density at radius 1 is 0.870 bits per heavy atom. The van der Waals surface area contributed by atoms with Gasteiger partial charge in [-0.25, -0.2) is 0 Å². The Balaban J connectivity index is 1.94. The fraction of sp³-hybridized carbons (Fsp3) is 0.300. The van der Waals surface area contributed by atoms with Crippen LogP contribution in [0.1, 0.15) is 53.0 Å². The van der Waals surface area contributed by atoms with E-state index in [9.17, 15) is 9.59 Å². The molecule has 0 aliphatic carbocycles. The van der Waals surface area contributed by atoms with Crippen molar-refractivity contribution in [2.45, 2.75) is 26.7 Å². The van der Waals surface area contributed by atoms with E-state index >= 15 is 0 Å². The predicted octanol–water partition coefficient (Wildman–Crippen LogP) is 4.08. The van der Waals surface area contributed by atoms with E-state index in [0.29, 0.717) is 29.2 Å². The maximum atomic E-state index is 12.3. The minimum absolute atomic E-state index is 0.0329. The van der Waals surface area contributed by atoms with Gasteiger partial charge in [-0.1, -0.05) is 56.3 Å². The van der Waals surface area contributed by atoms with Gasteiger partial charge in [0.05, 0.1) is 0 Å². The van der Waals surface area contributed by atoms with Crippen LogP contribution in [0.3, 0.4) is 0 Å². The average molecular weight is 309 g/mol. The topological polar surface area (TPSA) is 46.2 Å². The zero-order valence-corrected chi connectivity index (χ0v) is 13.7. The summed E-state index contributed by atoms with van der Waals surface area (Å²) in [5, 5.41) is 2.91. The SMILES string of the molecule is CC(C)CCCNC(=O)c1ccc(C(=O)c2ccccc2)cc1. The molecule has 0 bridgehead atoms. The number of nitrogens with one attached hydrogen (secondary N) is 1. The zero-order valence-electron chi connectivity index (χ0n) is 13.7. The molecule has 0 saturated carbocycles. The maximum Gasteiger partial charge on any atom is 0.251 e. The third-order valence-corrected chi connectivity index (χ3v) is 3.69. The largest absolute Gasteiger partial charge is 0.352 e. The summed E-state index contributed by atoms with van der Waals surface area (Å²) in [7, 11) is 0. The first-order chi connectivity index (χ1) is 11.1. The monoisotopic (exact) mass is 309 g/mol. The lowest BCUT2D eigenvalue weighted by atomic mass is 10.0. The molecule has 23 heavy (non-hydrogen) atoms. The number of ketones is 1. The van der Waals surface area contributed by atoms with E-state index < -0.39 is 0 Å². The van der Waals surface area contributed by atoms with Crippen LogP contribution in [-0.2, 0) is 0 Å². The summed E-state index contributed by atoms with van der Waals surface area (Å²) in [6.45, 7) is 5.02. The Kier molecular flexibility index (Phi) is 6.10. The molecular weight excluding hydrogens is 286 g/mol. The van der Waals surface area contributed by atoms with Crippen LogP contribution < -0.4 is 5.32 Å². The molecule has 1 amide bonds. The minimum Gasteiger partial charge on any atom is -0.352 e. The molecule has 3 nitrogen and oxygen atoms in total. The molecule has 0 aliphatic rings. The fourth-order valence-electron chi connectivity index (χ4n) is 2.34. The van der Waals surface area contributed by atoms with Gasteiger partial charge < -0.3 is 5.32 Å². The lowest BCUT2D eigenvalue weighted by Gasteiger charge is -2.07. The van der Waals surface area contributed by atoms with Crippen molar-refractivity contribution in [2.75, 3.05) is 6.54 Å². The number of carbonyl (C=O) groups is 2. The normalized spacial score (nSPS) is 10.6. The molecule has 0 spiro atoms. The Bertz CT molecular complexity index is 645. The van der Waals surface area contributed by atoms with Crippen LogP contribution in [0, 0.1) is 5.92 Å². The van der Waals surface area contributed by atoms with Crippen LogP contribution in [0.2, 0.25) is 0 Å². The van der Waals surface area contributed by atoms with E-state index in [-0.39, 0.29) is 11.7 Å². The maximum absolute atomic E-state index is 12.3. The first kappa shape index (κ1) is 16.9. The minimum atomic E-state index is -0.0903. The summed E-state index contributed by atoms with van der Waals surface area (Å²) >= 11 is 0. The van der Waals surface area contributed by atoms with Crippen molar-refractivity contribution in [3.63, 3.8) is 0 Å². The highest BCUT2D eigenvalue weighted by atomic mass is 16.1. The van der Waals surface area contributed by atoms with E-state index in [2.05, 4.69) is 19.2 Å². The highest BCUT2D eigenvalue weighted by Crippen LogP contribution is 2.11. The number of hydrogen-bond donors (Lipinski definition) is 1. The van der Waals surface area contributed by atoms with Gasteiger partial charge in [-0.15, -0.1) is 0 Å². The number of rotatable bonds is 7. The Morgan fingerprint density at radius 3 is 2.04 bits per heavy atom. The summed E-state index contributed by atoms with van der Waals surface area (Å²) in [6, 6.07) is 16.0. The van der Waals surface area contributed by atoms with Crippen LogP contribution in [-0.4, -0.2) is 18.2 Å². The van der Waals surface area contributed by atoms with Crippen LogP contribution in [0.4, 0.5) is 0 Å². The van der Waals surface area contributed by atoms with Crippen LogP contribution in [0.15, 0.2) is 54.6 Å². The standard InChI is InChI=1S/C20H23NO2/c1-15(2)7-6-14-21-20(23)18-12-10-17(11-13-18)19(22)16-8-4-3-5-9-16/h3-5,8-13,15H,6-7,14H2,1-2H3,(H,21,23). The van der Waals surface area contributed by atoms with Gasteiger partial charge in [0.1, 0.15) is 0 Å². The van der Waals surface area contributed by atoms with Gasteiger partial charge in [0.15, 0.2) is 5.78 Å². The van der Waals surface area contributed by atoms with E-state index in [4.69, 9.17) is 0 Å². The molecule has 2 rings (SSSR count).